The van der Waals surface area contributed by atoms with Gasteiger partial charge in [-0.15, -0.1) is 11.3 Å². The third-order valence-corrected chi connectivity index (χ3v) is 5.53. The summed E-state index contributed by atoms with van der Waals surface area (Å²) in [7, 11) is 0. The molecule has 4 rings (SSSR count). The number of aromatic nitrogens is 3. The molecule has 3 aromatic heterocycles. The number of rotatable bonds is 5. The standard InChI is InChI=1S/C19H18F3N5O3S/c20-19(21,22)12-30-16-14(2-1-3-23-16)17(29)26-6-4-25(5-7-26)11-13-10-15(28)27-8-9-31-18(27)24-13/h1-3,8-10H,4-7,11-12H2. The molecule has 0 unspecified atom stereocenters. The number of pyridine rings is 1. The van der Waals surface area contributed by atoms with Crippen LogP contribution < -0.4 is 10.3 Å². The molecule has 1 fully saturated rings. The Labute approximate surface area is 178 Å². The van der Waals surface area contributed by atoms with Crippen LogP contribution in [0.3, 0.4) is 0 Å². The summed E-state index contributed by atoms with van der Waals surface area (Å²) < 4.78 is 43.6. The van der Waals surface area contributed by atoms with Crippen LogP contribution >= 0.6 is 11.3 Å². The molecule has 0 spiro atoms. The van der Waals surface area contributed by atoms with E-state index in [0.717, 1.165) is 0 Å². The zero-order valence-corrected chi connectivity index (χ0v) is 17.0. The molecule has 8 nitrogen and oxygen atoms in total. The van der Waals surface area contributed by atoms with E-state index in [1.807, 2.05) is 0 Å². The molecular weight excluding hydrogens is 435 g/mol. The number of alkyl halides is 3. The second kappa shape index (κ2) is 8.63. The number of halogens is 3. The minimum atomic E-state index is -4.52. The topological polar surface area (TPSA) is 80.0 Å². The Morgan fingerprint density at radius 3 is 2.74 bits per heavy atom. The van der Waals surface area contributed by atoms with Crippen LogP contribution in [0.25, 0.3) is 4.96 Å². The summed E-state index contributed by atoms with van der Waals surface area (Å²) in [6.45, 7) is 0.796. The predicted molar refractivity (Wildman–Crippen MR) is 106 cm³/mol. The van der Waals surface area contributed by atoms with Crippen LogP contribution in [0.1, 0.15) is 16.1 Å². The van der Waals surface area contributed by atoms with Gasteiger partial charge in [-0.25, -0.2) is 9.97 Å². The van der Waals surface area contributed by atoms with Gasteiger partial charge in [0.15, 0.2) is 11.6 Å². The van der Waals surface area contributed by atoms with E-state index in [2.05, 4.69) is 14.9 Å². The second-order valence-electron chi connectivity index (χ2n) is 6.97. The Morgan fingerprint density at radius 2 is 2.00 bits per heavy atom. The highest BCUT2D eigenvalue weighted by Crippen LogP contribution is 2.22. The van der Waals surface area contributed by atoms with Crippen molar-refractivity contribution in [3.05, 3.63) is 57.6 Å². The molecular formula is C19H18F3N5O3S. The lowest BCUT2D eigenvalue weighted by molar-refractivity contribution is -0.154. The number of amides is 1. The van der Waals surface area contributed by atoms with Gasteiger partial charge in [-0.05, 0) is 12.1 Å². The summed E-state index contributed by atoms with van der Waals surface area (Å²) in [5.41, 5.74) is 0.512. The number of nitrogens with zero attached hydrogens (tertiary/aromatic N) is 5. The lowest BCUT2D eigenvalue weighted by Crippen LogP contribution is -2.48. The van der Waals surface area contributed by atoms with Crippen LogP contribution in [0.4, 0.5) is 13.2 Å². The van der Waals surface area contributed by atoms with E-state index in [0.29, 0.717) is 43.4 Å². The van der Waals surface area contributed by atoms with Crippen LogP contribution in [0.2, 0.25) is 0 Å². The van der Waals surface area contributed by atoms with Crippen molar-refractivity contribution >= 4 is 22.2 Å². The Balaban J connectivity index is 1.38. The molecule has 3 aromatic rings. The van der Waals surface area contributed by atoms with Gasteiger partial charge in [0.1, 0.15) is 5.56 Å². The van der Waals surface area contributed by atoms with E-state index in [9.17, 15) is 22.8 Å². The van der Waals surface area contributed by atoms with E-state index >= 15 is 0 Å². The molecule has 31 heavy (non-hydrogen) atoms. The lowest BCUT2D eigenvalue weighted by Gasteiger charge is -2.34. The molecule has 1 aliphatic rings. The zero-order valence-electron chi connectivity index (χ0n) is 16.2. The largest absolute Gasteiger partial charge is 0.467 e. The molecule has 12 heteroatoms. The molecule has 1 aliphatic heterocycles. The number of hydrogen-bond donors (Lipinski definition) is 0. The molecule has 0 aromatic carbocycles. The van der Waals surface area contributed by atoms with Crippen LogP contribution in [-0.2, 0) is 6.54 Å². The number of piperazine rings is 1. The molecule has 0 saturated carbocycles. The molecule has 0 bridgehead atoms. The van der Waals surface area contributed by atoms with Crippen LogP contribution in [0.15, 0.2) is 40.8 Å². The van der Waals surface area contributed by atoms with Crippen molar-refractivity contribution in [2.45, 2.75) is 12.7 Å². The zero-order chi connectivity index (χ0) is 22.0. The van der Waals surface area contributed by atoms with Gasteiger partial charge >= 0.3 is 6.18 Å². The first-order valence-corrected chi connectivity index (χ1v) is 10.3. The average Bonchev–Trinajstić information content (AvgIpc) is 3.21. The van der Waals surface area contributed by atoms with Gasteiger partial charge in [-0.1, -0.05) is 0 Å². The number of thiazole rings is 1. The van der Waals surface area contributed by atoms with Gasteiger partial charge in [0, 0.05) is 56.6 Å². The molecule has 164 valence electrons. The van der Waals surface area contributed by atoms with Crippen molar-refractivity contribution < 1.29 is 22.7 Å². The van der Waals surface area contributed by atoms with Gasteiger partial charge in [0.25, 0.3) is 11.5 Å². The molecule has 0 radical (unpaired) electrons. The summed E-state index contributed by atoms with van der Waals surface area (Å²) in [4.78, 5) is 37.5. The Morgan fingerprint density at radius 1 is 1.23 bits per heavy atom. The van der Waals surface area contributed by atoms with Gasteiger partial charge in [0.2, 0.25) is 5.88 Å². The summed E-state index contributed by atoms with van der Waals surface area (Å²) in [6, 6.07) is 4.38. The van der Waals surface area contributed by atoms with Gasteiger partial charge < -0.3 is 9.64 Å². The lowest BCUT2D eigenvalue weighted by atomic mass is 10.2. The van der Waals surface area contributed by atoms with E-state index in [-0.39, 0.29) is 17.0 Å². The Kier molecular flexibility index (Phi) is 5.92. The molecule has 0 N–H and O–H groups in total. The first-order valence-electron chi connectivity index (χ1n) is 9.42. The molecule has 1 saturated heterocycles. The summed E-state index contributed by atoms with van der Waals surface area (Å²) in [5, 5.41) is 1.79. The highest BCUT2D eigenvalue weighted by atomic mass is 32.1. The number of ether oxygens (including phenoxy) is 1. The number of fused-ring (bicyclic) bond motifs is 1. The van der Waals surface area contributed by atoms with Crippen molar-refractivity contribution in [1.82, 2.24) is 24.2 Å². The Hall–Kier alpha value is -2.99. The highest BCUT2D eigenvalue weighted by molar-refractivity contribution is 7.15. The van der Waals surface area contributed by atoms with Crippen molar-refractivity contribution in [2.24, 2.45) is 0 Å². The van der Waals surface area contributed by atoms with Gasteiger partial charge in [0.05, 0.1) is 5.69 Å². The van der Waals surface area contributed by atoms with Gasteiger partial charge in [-0.2, -0.15) is 13.2 Å². The molecule has 0 aliphatic carbocycles. The van der Waals surface area contributed by atoms with Crippen molar-refractivity contribution in [2.75, 3.05) is 32.8 Å². The van der Waals surface area contributed by atoms with E-state index < -0.39 is 18.7 Å². The third-order valence-electron chi connectivity index (χ3n) is 4.78. The number of carbonyl (C=O) groups is 1. The SMILES string of the molecule is O=C(c1cccnc1OCC(F)(F)F)N1CCN(Cc2cc(=O)n3ccsc3n2)CC1. The minimum Gasteiger partial charge on any atom is -0.467 e. The molecule has 0 atom stereocenters. The fraction of sp³-hybridized carbons (Fsp3) is 0.368. The van der Waals surface area contributed by atoms with Crippen LogP contribution in [-0.4, -0.2) is 69.0 Å². The van der Waals surface area contributed by atoms with E-state index in [1.165, 1.54) is 40.1 Å². The van der Waals surface area contributed by atoms with Crippen molar-refractivity contribution in [3.8, 4) is 5.88 Å². The number of carbonyl (C=O) groups excluding carboxylic acids is 1. The smallest absolute Gasteiger partial charge is 0.422 e. The predicted octanol–water partition coefficient (Wildman–Crippen LogP) is 2.05. The van der Waals surface area contributed by atoms with Crippen LogP contribution in [0, 0.1) is 0 Å². The summed E-state index contributed by atoms with van der Waals surface area (Å²) >= 11 is 1.38. The fourth-order valence-electron chi connectivity index (χ4n) is 3.30. The minimum absolute atomic E-state index is 0.00182. The average molecular weight is 453 g/mol. The van der Waals surface area contributed by atoms with Crippen molar-refractivity contribution in [3.63, 3.8) is 0 Å². The Bertz CT molecular complexity index is 1140. The normalized spacial score (nSPS) is 15.4. The highest BCUT2D eigenvalue weighted by Gasteiger charge is 2.31. The maximum atomic E-state index is 12.8. The van der Waals surface area contributed by atoms with Crippen LogP contribution in [0.5, 0.6) is 5.88 Å². The van der Waals surface area contributed by atoms with E-state index in [4.69, 9.17) is 4.74 Å². The van der Waals surface area contributed by atoms with Gasteiger partial charge in [-0.3, -0.25) is 18.9 Å². The summed E-state index contributed by atoms with van der Waals surface area (Å²) in [6.07, 6.45) is -1.57. The third kappa shape index (κ3) is 5.02. The van der Waals surface area contributed by atoms with Crippen molar-refractivity contribution in [1.29, 1.82) is 0 Å². The maximum absolute atomic E-state index is 12.8. The number of hydrogen-bond acceptors (Lipinski definition) is 7. The fourth-order valence-corrected chi connectivity index (χ4v) is 4.03. The quantitative estimate of drug-likeness (QED) is 0.589. The first kappa shape index (κ1) is 21.2. The maximum Gasteiger partial charge on any atom is 0.422 e. The summed E-state index contributed by atoms with van der Waals surface area (Å²) in [5.74, 6) is -0.762. The molecule has 1 amide bonds. The van der Waals surface area contributed by atoms with E-state index in [1.54, 1.807) is 16.5 Å². The first-order chi connectivity index (χ1) is 14.8. The second-order valence-corrected chi connectivity index (χ2v) is 7.84. The molecule has 4 heterocycles. The monoisotopic (exact) mass is 453 g/mol.